The molecule has 1 rings (SSSR count). The van der Waals surface area contributed by atoms with Gasteiger partial charge in [-0.3, -0.25) is 0 Å². The summed E-state index contributed by atoms with van der Waals surface area (Å²) in [5.74, 6) is 0. The molecule has 28 heavy (non-hydrogen) atoms. The van der Waals surface area contributed by atoms with Crippen LogP contribution in [0.4, 0.5) is 4.79 Å². The highest BCUT2D eigenvalue weighted by atomic mass is 28.4. The average Bonchev–Trinajstić information content (AvgIpc) is 2.62. The molecule has 0 saturated carbocycles. The number of aliphatic hydroxyl groups excluding tert-OH is 1. The predicted octanol–water partition coefficient (Wildman–Crippen LogP) is 5.54. The van der Waals surface area contributed by atoms with Gasteiger partial charge in [-0.05, 0) is 70.2 Å². The number of alkyl carbamates (subject to hydrolysis) is 1. The lowest BCUT2D eigenvalue weighted by molar-refractivity contribution is 0.0410. The molecule has 0 aromatic carbocycles. The first kappa shape index (κ1) is 25.2. The molecule has 0 unspecified atom stereocenters. The second-order valence-corrected chi connectivity index (χ2v) is 15.3. The van der Waals surface area contributed by atoms with Crippen LogP contribution in [0.5, 0.6) is 0 Å². The summed E-state index contributed by atoms with van der Waals surface area (Å²) in [7, 11) is -1.95. The van der Waals surface area contributed by atoms with Gasteiger partial charge < -0.3 is 19.6 Å². The Balaban J connectivity index is 3.00. The van der Waals surface area contributed by atoms with Crippen molar-refractivity contribution < 1.29 is 19.1 Å². The fraction of sp³-hybridized carbons (Fsp3) is 0.864. The van der Waals surface area contributed by atoms with Crippen LogP contribution < -0.4 is 5.32 Å². The Morgan fingerprint density at radius 1 is 1.25 bits per heavy atom. The maximum Gasteiger partial charge on any atom is 0.407 e. The van der Waals surface area contributed by atoms with Gasteiger partial charge in [0, 0.05) is 0 Å². The molecule has 0 saturated heterocycles. The second kappa shape index (κ2) is 9.77. The molecule has 2 N–H and O–H groups in total. The highest BCUT2D eigenvalue weighted by Crippen LogP contribution is 2.39. The Kier molecular flexibility index (Phi) is 8.78. The predicted molar refractivity (Wildman–Crippen MR) is 118 cm³/mol. The summed E-state index contributed by atoms with van der Waals surface area (Å²) in [6.45, 7) is 18.8. The molecule has 0 aromatic rings. The molecule has 1 amide bonds. The quantitative estimate of drug-likeness (QED) is 0.443. The minimum Gasteiger partial charge on any atom is -0.444 e. The Morgan fingerprint density at radius 2 is 1.86 bits per heavy atom. The first-order chi connectivity index (χ1) is 12.7. The molecule has 0 aliphatic heterocycles. The highest BCUT2D eigenvalue weighted by Gasteiger charge is 2.41. The van der Waals surface area contributed by atoms with E-state index < -0.39 is 32.2 Å². The van der Waals surface area contributed by atoms with Crippen molar-refractivity contribution in [3.05, 3.63) is 11.6 Å². The highest BCUT2D eigenvalue weighted by molar-refractivity contribution is 6.74. The number of hydrogen-bond acceptors (Lipinski definition) is 4. The number of unbranched alkanes of at least 4 members (excludes halogenated alkanes) is 1. The fourth-order valence-corrected chi connectivity index (χ4v) is 4.47. The molecule has 0 bridgehead atoms. The van der Waals surface area contributed by atoms with Crippen LogP contribution in [0.3, 0.4) is 0 Å². The number of hydrogen-bond donors (Lipinski definition) is 2. The van der Waals surface area contributed by atoms with E-state index in [2.05, 4.69) is 52.2 Å². The molecule has 3 atom stereocenters. The molecule has 1 aliphatic rings. The van der Waals surface area contributed by atoms with E-state index >= 15 is 0 Å². The lowest BCUT2D eigenvalue weighted by Gasteiger charge is -2.39. The van der Waals surface area contributed by atoms with E-state index in [0.717, 1.165) is 31.3 Å². The van der Waals surface area contributed by atoms with Crippen molar-refractivity contribution in [2.24, 2.45) is 0 Å². The normalized spacial score (nSPS) is 24.4. The second-order valence-electron chi connectivity index (χ2n) is 10.6. The van der Waals surface area contributed by atoms with Gasteiger partial charge in [-0.25, -0.2) is 4.79 Å². The Bertz CT molecular complexity index is 546. The van der Waals surface area contributed by atoms with Crippen LogP contribution in [-0.2, 0) is 9.16 Å². The lowest BCUT2D eigenvalue weighted by Crippen LogP contribution is -2.49. The number of nitrogens with one attached hydrogen (secondary N) is 1. The largest absolute Gasteiger partial charge is 0.444 e. The van der Waals surface area contributed by atoms with Gasteiger partial charge in [0.1, 0.15) is 5.60 Å². The summed E-state index contributed by atoms with van der Waals surface area (Å²) in [5, 5.41) is 14.0. The molecule has 164 valence electrons. The number of aliphatic hydroxyl groups is 1. The number of carbonyl (C=O) groups is 1. The number of rotatable bonds is 6. The summed E-state index contributed by atoms with van der Waals surface area (Å²) < 4.78 is 12.1. The average molecular weight is 414 g/mol. The third-order valence-electron chi connectivity index (χ3n) is 5.71. The van der Waals surface area contributed by atoms with E-state index in [1.807, 2.05) is 20.8 Å². The number of carbonyl (C=O) groups excluding carboxylic acids is 1. The zero-order valence-electron chi connectivity index (χ0n) is 19.5. The number of ether oxygens (including phenoxy) is 1. The molecule has 5 nitrogen and oxygen atoms in total. The van der Waals surface area contributed by atoms with Crippen molar-refractivity contribution >= 4 is 14.4 Å². The van der Waals surface area contributed by atoms with Crippen molar-refractivity contribution in [3.63, 3.8) is 0 Å². The summed E-state index contributed by atoms with van der Waals surface area (Å²) >= 11 is 0. The van der Waals surface area contributed by atoms with Gasteiger partial charge in [-0.15, -0.1) is 0 Å². The van der Waals surface area contributed by atoms with Crippen LogP contribution in [0.2, 0.25) is 18.1 Å². The van der Waals surface area contributed by atoms with Gasteiger partial charge in [0.05, 0.1) is 18.2 Å². The maximum atomic E-state index is 12.4. The third kappa shape index (κ3) is 7.88. The van der Waals surface area contributed by atoms with Crippen molar-refractivity contribution in [2.45, 2.75) is 123 Å². The summed E-state index contributed by atoms with van der Waals surface area (Å²) in [4.78, 5) is 12.4. The minimum atomic E-state index is -1.95. The summed E-state index contributed by atoms with van der Waals surface area (Å²) in [5.41, 5.74) is 0.432. The standard InChI is InChI=1S/C22H43NO4Si/c1-10-11-12-16-13-14-17(27-28(8,9)22(5,6)7)15-18(19(16)24)23-20(25)26-21(2,3)4/h13,17-19,24H,10-12,14-15H2,1-9H3,(H,23,25)/t17-,18+,19-/m1/s1. The van der Waals surface area contributed by atoms with E-state index in [1.54, 1.807) is 0 Å². The van der Waals surface area contributed by atoms with Gasteiger partial charge >= 0.3 is 6.09 Å². The smallest absolute Gasteiger partial charge is 0.407 e. The molecule has 0 radical (unpaired) electrons. The van der Waals surface area contributed by atoms with Gasteiger partial charge in [0.15, 0.2) is 8.32 Å². The first-order valence-electron chi connectivity index (χ1n) is 10.7. The van der Waals surface area contributed by atoms with Crippen molar-refractivity contribution in [1.29, 1.82) is 0 Å². The lowest BCUT2D eigenvalue weighted by atomic mass is 9.97. The van der Waals surface area contributed by atoms with Crippen molar-refractivity contribution in [1.82, 2.24) is 5.32 Å². The molecule has 1 aliphatic carbocycles. The van der Waals surface area contributed by atoms with Gasteiger partial charge in [-0.2, -0.15) is 0 Å². The fourth-order valence-electron chi connectivity index (χ4n) is 3.09. The molecule has 0 aromatic heterocycles. The molecule has 0 heterocycles. The monoisotopic (exact) mass is 413 g/mol. The van der Waals surface area contributed by atoms with Crippen LogP contribution in [0, 0.1) is 0 Å². The number of amides is 1. The molecular weight excluding hydrogens is 370 g/mol. The van der Waals surface area contributed by atoms with Crippen LogP contribution in [0.1, 0.15) is 80.6 Å². The van der Waals surface area contributed by atoms with Crippen molar-refractivity contribution in [3.8, 4) is 0 Å². The van der Waals surface area contributed by atoms with E-state index in [4.69, 9.17) is 9.16 Å². The van der Waals surface area contributed by atoms with E-state index in [1.165, 1.54) is 0 Å². The first-order valence-corrected chi connectivity index (χ1v) is 13.6. The molecule has 6 heteroatoms. The molecule has 0 fully saturated rings. The Morgan fingerprint density at radius 3 is 2.36 bits per heavy atom. The third-order valence-corrected chi connectivity index (χ3v) is 10.2. The molecule has 0 spiro atoms. The maximum absolute atomic E-state index is 12.4. The zero-order chi connectivity index (χ0) is 21.8. The van der Waals surface area contributed by atoms with Crippen LogP contribution >= 0.6 is 0 Å². The summed E-state index contributed by atoms with van der Waals surface area (Å²) in [6.07, 6.45) is 5.22. The Hall–Kier alpha value is -0.853. The Labute approximate surface area is 173 Å². The zero-order valence-corrected chi connectivity index (χ0v) is 20.5. The van der Waals surface area contributed by atoms with E-state index in [0.29, 0.717) is 6.42 Å². The van der Waals surface area contributed by atoms with Crippen LogP contribution in [0.15, 0.2) is 11.6 Å². The van der Waals surface area contributed by atoms with Crippen molar-refractivity contribution in [2.75, 3.05) is 0 Å². The van der Waals surface area contributed by atoms with Crippen LogP contribution in [0.25, 0.3) is 0 Å². The van der Waals surface area contributed by atoms with Gasteiger partial charge in [0.2, 0.25) is 0 Å². The van der Waals surface area contributed by atoms with Gasteiger partial charge in [0.25, 0.3) is 0 Å². The minimum absolute atomic E-state index is 0.0189. The molecular formula is C22H43NO4Si. The summed E-state index contributed by atoms with van der Waals surface area (Å²) in [6, 6.07) is -0.407. The van der Waals surface area contributed by atoms with E-state index in [-0.39, 0.29) is 11.1 Å². The van der Waals surface area contributed by atoms with Crippen LogP contribution in [-0.4, -0.2) is 43.4 Å². The van der Waals surface area contributed by atoms with Gasteiger partial charge in [-0.1, -0.05) is 40.2 Å². The SMILES string of the molecule is CCCCC1=CC[C@@H](O[Si](C)(C)C(C)(C)C)C[C@H](NC(=O)OC(C)(C)C)[C@@H]1O. The topological polar surface area (TPSA) is 67.8 Å². The van der Waals surface area contributed by atoms with E-state index in [9.17, 15) is 9.90 Å².